The lowest BCUT2D eigenvalue weighted by atomic mass is 9.58. The molecule has 4 nitrogen and oxygen atoms in total. The number of hydrogen-bond acceptors (Lipinski definition) is 3. The van der Waals surface area contributed by atoms with Gasteiger partial charge in [-0.25, -0.2) is 13.1 Å². The number of aliphatic hydroxyl groups is 1. The zero-order valence-corrected chi connectivity index (χ0v) is 23.5. The molecule has 2 saturated carbocycles. The number of benzene rings is 2. The molecule has 0 radical (unpaired) electrons. The molecule has 2 N–H and O–H groups in total. The molecule has 2 aromatic rings. The molecule has 2 aromatic carbocycles. The van der Waals surface area contributed by atoms with Gasteiger partial charge in [-0.3, -0.25) is 0 Å². The van der Waals surface area contributed by atoms with E-state index in [-0.39, 0.29) is 17.1 Å². The maximum absolute atomic E-state index is 13.4. The highest BCUT2D eigenvalue weighted by molar-refractivity contribution is 14.1. The summed E-state index contributed by atoms with van der Waals surface area (Å²) >= 11 is 4.69. The predicted octanol–water partition coefficient (Wildman–Crippen LogP) is 5.53. The van der Waals surface area contributed by atoms with Crippen molar-refractivity contribution in [2.45, 2.75) is 37.8 Å². The van der Waals surface area contributed by atoms with Gasteiger partial charge in [-0.15, -0.1) is 0 Å². The Kier molecular flexibility index (Phi) is 4.76. The molecule has 4 atom stereocenters. The van der Waals surface area contributed by atoms with Crippen LogP contribution < -0.4 is 4.72 Å². The number of fused-ring (bicyclic) bond motifs is 2. The van der Waals surface area contributed by atoms with Crippen molar-refractivity contribution in [3.05, 3.63) is 80.9 Å². The minimum absolute atomic E-state index is 0.0314. The molecule has 1 aliphatic heterocycles. The Hall–Kier alpha value is -0.750. The minimum Gasteiger partial charge on any atom is -0.382 e. The highest BCUT2D eigenvalue weighted by Gasteiger charge is 2.89. The van der Waals surface area contributed by atoms with Gasteiger partial charge in [0.05, 0.1) is 5.75 Å². The van der Waals surface area contributed by atoms with Crippen LogP contribution in [-0.2, 0) is 10.0 Å². The predicted molar refractivity (Wildman–Crippen MR) is 148 cm³/mol. The van der Waals surface area contributed by atoms with Gasteiger partial charge in [-0.1, -0.05) is 74.5 Å². The van der Waals surface area contributed by atoms with E-state index in [0.29, 0.717) is 0 Å². The Balaban J connectivity index is 1.79. The van der Waals surface area contributed by atoms with Crippen molar-refractivity contribution in [3.8, 4) is 0 Å². The largest absolute Gasteiger partial charge is 0.382 e. The van der Waals surface area contributed by atoms with E-state index in [1.807, 2.05) is 36.4 Å². The SMILES string of the molecule is CC1(C)[C@@H]2CC[C@]13CS(=O)(=O)N[C@@]31/C(=C(\I)c3ccccc3)C(c3ccccc3)=C(I)[C@@]21O. The van der Waals surface area contributed by atoms with Gasteiger partial charge in [-0.2, -0.15) is 0 Å². The summed E-state index contributed by atoms with van der Waals surface area (Å²) < 4.78 is 31.7. The highest BCUT2D eigenvalue weighted by atomic mass is 127. The Morgan fingerprint density at radius 3 is 2.30 bits per heavy atom. The molecule has 2 spiro atoms. The van der Waals surface area contributed by atoms with E-state index in [1.165, 1.54) is 0 Å². The van der Waals surface area contributed by atoms with Gasteiger partial charge in [0.2, 0.25) is 10.0 Å². The normalized spacial score (nSPS) is 39.0. The molecule has 0 amide bonds. The van der Waals surface area contributed by atoms with E-state index >= 15 is 0 Å². The molecular formula is C26H25I2NO3S. The van der Waals surface area contributed by atoms with Crippen molar-refractivity contribution in [2.75, 3.05) is 5.75 Å². The molecule has 33 heavy (non-hydrogen) atoms. The molecule has 7 heteroatoms. The second kappa shape index (κ2) is 6.93. The topological polar surface area (TPSA) is 66.4 Å². The zero-order valence-electron chi connectivity index (χ0n) is 18.4. The van der Waals surface area contributed by atoms with Crippen LogP contribution in [0.5, 0.6) is 0 Å². The summed E-state index contributed by atoms with van der Waals surface area (Å²) in [6, 6.07) is 20.2. The van der Waals surface area contributed by atoms with E-state index in [2.05, 4.69) is 88.0 Å². The van der Waals surface area contributed by atoms with Crippen LogP contribution in [0.15, 0.2) is 69.8 Å². The Bertz CT molecular complexity index is 1350. The molecule has 1 heterocycles. The van der Waals surface area contributed by atoms with Gasteiger partial charge in [0.15, 0.2) is 0 Å². The van der Waals surface area contributed by atoms with Crippen molar-refractivity contribution in [2.24, 2.45) is 16.7 Å². The lowest BCUT2D eigenvalue weighted by molar-refractivity contribution is -0.0316. The first-order valence-electron chi connectivity index (χ1n) is 11.2. The molecule has 1 saturated heterocycles. The van der Waals surface area contributed by atoms with Crippen LogP contribution in [0.25, 0.3) is 9.15 Å². The molecule has 0 unspecified atom stereocenters. The van der Waals surface area contributed by atoms with Gasteiger partial charge in [-0.05, 0) is 80.1 Å². The first kappa shape index (κ1) is 22.7. The van der Waals surface area contributed by atoms with E-state index in [0.717, 1.165) is 42.3 Å². The Labute approximate surface area is 222 Å². The summed E-state index contributed by atoms with van der Waals surface area (Å²) in [5.74, 6) is 0.0242. The van der Waals surface area contributed by atoms with Crippen LogP contribution in [0.4, 0.5) is 0 Å². The van der Waals surface area contributed by atoms with Crippen LogP contribution in [0.1, 0.15) is 37.8 Å². The molecule has 0 aromatic heterocycles. The van der Waals surface area contributed by atoms with Gasteiger partial charge in [0.1, 0.15) is 11.1 Å². The Morgan fingerprint density at radius 2 is 1.67 bits per heavy atom. The van der Waals surface area contributed by atoms with Gasteiger partial charge in [0, 0.05) is 24.1 Å². The van der Waals surface area contributed by atoms with Crippen LogP contribution in [0.2, 0.25) is 0 Å². The first-order valence-corrected chi connectivity index (χ1v) is 15.0. The first-order chi connectivity index (χ1) is 15.5. The van der Waals surface area contributed by atoms with Gasteiger partial charge < -0.3 is 5.11 Å². The van der Waals surface area contributed by atoms with E-state index in [1.54, 1.807) is 0 Å². The third-order valence-electron chi connectivity index (χ3n) is 8.99. The van der Waals surface area contributed by atoms with Crippen molar-refractivity contribution in [1.29, 1.82) is 0 Å². The molecular weight excluding hydrogens is 660 g/mol. The van der Waals surface area contributed by atoms with Crippen molar-refractivity contribution >= 4 is 64.4 Å². The van der Waals surface area contributed by atoms with Crippen molar-refractivity contribution in [3.63, 3.8) is 0 Å². The lowest BCUT2D eigenvalue weighted by Gasteiger charge is -2.49. The van der Waals surface area contributed by atoms with Crippen molar-refractivity contribution < 1.29 is 13.5 Å². The number of hydrogen-bond donors (Lipinski definition) is 2. The maximum atomic E-state index is 13.4. The second-order valence-electron chi connectivity index (χ2n) is 10.4. The van der Waals surface area contributed by atoms with E-state index in [4.69, 9.17) is 0 Å². The molecule has 3 aliphatic carbocycles. The fourth-order valence-electron chi connectivity index (χ4n) is 7.74. The highest BCUT2D eigenvalue weighted by Crippen LogP contribution is 2.82. The number of sulfonamides is 1. The molecule has 3 fully saturated rings. The average molecular weight is 685 g/mol. The summed E-state index contributed by atoms with van der Waals surface area (Å²) in [7, 11) is -3.58. The van der Waals surface area contributed by atoms with Crippen LogP contribution >= 0.6 is 45.2 Å². The lowest BCUT2D eigenvalue weighted by Crippen LogP contribution is -2.65. The van der Waals surface area contributed by atoms with Crippen LogP contribution in [0.3, 0.4) is 0 Å². The van der Waals surface area contributed by atoms with Crippen LogP contribution in [0, 0.1) is 16.7 Å². The summed E-state index contributed by atoms with van der Waals surface area (Å²) in [4.78, 5) is 0. The summed E-state index contributed by atoms with van der Waals surface area (Å²) in [6.07, 6.45) is 1.61. The molecule has 172 valence electrons. The van der Waals surface area contributed by atoms with E-state index in [9.17, 15) is 13.5 Å². The smallest absolute Gasteiger partial charge is 0.213 e. The number of rotatable bonds is 2. The minimum atomic E-state index is -3.58. The Morgan fingerprint density at radius 1 is 1.06 bits per heavy atom. The summed E-state index contributed by atoms with van der Waals surface area (Å²) in [6.45, 7) is 4.34. The fourth-order valence-corrected chi connectivity index (χ4v) is 12.5. The molecule has 6 rings (SSSR count). The number of nitrogens with one attached hydrogen (secondary N) is 1. The second-order valence-corrected chi connectivity index (χ2v) is 14.3. The maximum Gasteiger partial charge on any atom is 0.213 e. The zero-order chi connectivity index (χ0) is 23.4. The summed E-state index contributed by atoms with van der Waals surface area (Å²) in [5.41, 5.74) is 0.654. The standard InChI is InChI=1S/C26H25I2NO3S/c1-23(2)18-13-14-24(23)15-33(31,32)29-26(24)20(21(27)17-11-7-4-8-12-17)19(22(28)25(18,26)30)16-9-5-3-6-10-16/h3-12,18,29-30H,13-15H2,1-2H3/b21-20-/t18-,24-,25-,26-/m0/s1. The van der Waals surface area contributed by atoms with E-state index < -0.39 is 26.6 Å². The van der Waals surface area contributed by atoms with Gasteiger partial charge >= 0.3 is 0 Å². The van der Waals surface area contributed by atoms with Crippen molar-refractivity contribution in [1.82, 2.24) is 4.72 Å². The fraction of sp³-hybridized carbons (Fsp3) is 0.385. The molecule has 2 bridgehead atoms. The van der Waals surface area contributed by atoms with Gasteiger partial charge in [0.25, 0.3) is 0 Å². The monoisotopic (exact) mass is 685 g/mol. The van der Waals surface area contributed by atoms with Crippen LogP contribution in [-0.4, -0.2) is 30.4 Å². The summed E-state index contributed by atoms with van der Waals surface area (Å²) in [5, 5.41) is 12.8. The third-order valence-corrected chi connectivity index (χ3v) is 13.0. The quantitative estimate of drug-likeness (QED) is 0.409. The third kappa shape index (κ3) is 2.46. The number of halogens is 2. The average Bonchev–Trinajstić information content (AvgIpc) is 3.32. The molecule has 4 aliphatic rings.